The fourth-order valence-corrected chi connectivity index (χ4v) is 3.65. The SMILES string of the molecule is CCNC(=O)[C@@H](C)OC(=O)[C@@H](CCSC)NS(=O)(=O)c1ccccc1. The minimum atomic E-state index is -3.86. The molecule has 0 saturated carbocycles. The summed E-state index contributed by atoms with van der Waals surface area (Å²) in [5, 5.41) is 2.55. The van der Waals surface area contributed by atoms with Crippen LogP contribution in [0.25, 0.3) is 0 Å². The van der Waals surface area contributed by atoms with Gasteiger partial charge in [-0.15, -0.1) is 0 Å². The van der Waals surface area contributed by atoms with Gasteiger partial charge in [-0.25, -0.2) is 8.42 Å². The Kier molecular flexibility index (Phi) is 8.95. The van der Waals surface area contributed by atoms with E-state index in [1.807, 2.05) is 6.26 Å². The summed E-state index contributed by atoms with van der Waals surface area (Å²) in [7, 11) is -3.86. The third-order valence-corrected chi connectivity index (χ3v) is 5.39. The molecule has 140 valence electrons. The Hall–Kier alpha value is -1.58. The zero-order valence-corrected chi connectivity index (χ0v) is 16.2. The maximum atomic E-state index is 12.4. The van der Waals surface area contributed by atoms with Crippen molar-refractivity contribution in [2.24, 2.45) is 0 Å². The summed E-state index contributed by atoms with van der Waals surface area (Å²) in [6.45, 7) is 3.61. The molecule has 0 unspecified atom stereocenters. The zero-order chi connectivity index (χ0) is 18.9. The zero-order valence-electron chi connectivity index (χ0n) is 14.5. The Morgan fingerprint density at radius 2 is 1.88 bits per heavy atom. The number of nitrogens with one attached hydrogen (secondary N) is 2. The van der Waals surface area contributed by atoms with Crippen LogP contribution < -0.4 is 10.0 Å². The van der Waals surface area contributed by atoms with Crippen molar-refractivity contribution in [3.05, 3.63) is 30.3 Å². The van der Waals surface area contributed by atoms with E-state index in [0.717, 1.165) is 0 Å². The van der Waals surface area contributed by atoms with E-state index in [9.17, 15) is 18.0 Å². The largest absolute Gasteiger partial charge is 0.451 e. The highest BCUT2D eigenvalue weighted by Gasteiger charge is 2.29. The summed E-state index contributed by atoms with van der Waals surface area (Å²) >= 11 is 1.48. The van der Waals surface area contributed by atoms with E-state index in [2.05, 4.69) is 10.0 Å². The quantitative estimate of drug-likeness (QED) is 0.583. The van der Waals surface area contributed by atoms with Gasteiger partial charge in [0.05, 0.1) is 4.90 Å². The number of benzene rings is 1. The maximum absolute atomic E-state index is 12.4. The molecule has 2 N–H and O–H groups in total. The molecule has 0 aliphatic carbocycles. The Morgan fingerprint density at radius 3 is 2.44 bits per heavy atom. The number of thioether (sulfide) groups is 1. The molecule has 7 nitrogen and oxygen atoms in total. The van der Waals surface area contributed by atoms with Crippen molar-refractivity contribution in [1.82, 2.24) is 10.0 Å². The van der Waals surface area contributed by atoms with Crippen molar-refractivity contribution < 1.29 is 22.7 Å². The summed E-state index contributed by atoms with van der Waals surface area (Å²) < 4.78 is 32.3. The van der Waals surface area contributed by atoms with Gasteiger partial charge in [-0.2, -0.15) is 16.5 Å². The lowest BCUT2D eigenvalue weighted by atomic mass is 10.2. The van der Waals surface area contributed by atoms with Crippen LogP contribution in [0, 0.1) is 0 Å². The fourth-order valence-electron chi connectivity index (χ4n) is 1.94. The lowest BCUT2D eigenvalue weighted by Crippen LogP contribution is -2.45. The van der Waals surface area contributed by atoms with Gasteiger partial charge in [0.2, 0.25) is 10.0 Å². The van der Waals surface area contributed by atoms with Crippen molar-refractivity contribution in [1.29, 1.82) is 0 Å². The van der Waals surface area contributed by atoms with Gasteiger partial charge in [-0.05, 0) is 44.4 Å². The number of esters is 1. The minimum absolute atomic E-state index is 0.0636. The second kappa shape index (κ2) is 10.4. The first-order chi connectivity index (χ1) is 11.8. The van der Waals surface area contributed by atoms with Crippen molar-refractivity contribution in [2.75, 3.05) is 18.6 Å². The van der Waals surface area contributed by atoms with E-state index >= 15 is 0 Å². The van der Waals surface area contributed by atoms with Gasteiger partial charge in [0, 0.05) is 6.54 Å². The van der Waals surface area contributed by atoms with Crippen LogP contribution in [0.3, 0.4) is 0 Å². The smallest absolute Gasteiger partial charge is 0.324 e. The third kappa shape index (κ3) is 7.05. The summed E-state index contributed by atoms with van der Waals surface area (Å²) in [6, 6.07) is 6.72. The molecule has 0 aromatic heterocycles. The average Bonchev–Trinajstić information content (AvgIpc) is 2.59. The van der Waals surface area contributed by atoms with Crippen molar-refractivity contribution in [3.63, 3.8) is 0 Å². The fraction of sp³-hybridized carbons (Fsp3) is 0.500. The Labute approximate surface area is 153 Å². The predicted molar refractivity (Wildman–Crippen MR) is 97.8 cm³/mol. The molecule has 1 aromatic carbocycles. The molecular weight excluding hydrogens is 364 g/mol. The average molecular weight is 389 g/mol. The number of carbonyl (C=O) groups excluding carboxylic acids is 2. The van der Waals surface area contributed by atoms with Crippen LogP contribution in [-0.2, 0) is 24.3 Å². The second-order valence-electron chi connectivity index (χ2n) is 5.24. The Morgan fingerprint density at radius 1 is 1.24 bits per heavy atom. The number of hydrogen-bond acceptors (Lipinski definition) is 6. The van der Waals surface area contributed by atoms with E-state index in [1.165, 1.54) is 30.8 Å². The molecule has 1 rings (SSSR count). The van der Waals surface area contributed by atoms with E-state index in [0.29, 0.717) is 12.3 Å². The highest BCUT2D eigenvalue weighted by molar-refractivity contribution is 7.98. The molecule has 0 spiro atoms. The number of hydrogen-bond donors (Lipinski definition) is 2. The van der Waals surface area contributed by atoms with Gasteiger partial charge in [-0.1, -0.05) is 18.2 Å². The van der Waals surface area contributed by atoms with Crippen LogP contribution in [0.1, 0.15) is 20.3 Å². The summed E-state index contributed by atoms with van der Waals surface area (Å²) in [6.07, 6.45) is 1.12. The molecule has 0 aliphatic rings. The lowest BCUT2D eigenvalue weighted by Gasteiger charge is -2.20. The molecule has 9 heteroatoms. The summed E-state index contributed by atoms with van der Waals surface area (Å²) in [5.41, 5.74) is 0. The van der Waals surface area contributed by atoms with Gasteiger partial charge in [-0.3, -0.25) is 9.59 Å². The molecule has 0 heterocycles. The van der Waals surface area contributed by atoms with Gasteiger partial charge in [0.15, 0.2) is 6.10 Å². The number of amides is 1. The second-order valence-corrected chi connectivity index (χ2v) is 7.94. The normalized spacial score (nSPS) is 13.7. The Bertz CT molecular complexity index is 664. The van der Waals surface area contributed by atoms with Gasteiger partial charge in [0.25, 0.3) is 5.91 Å². The molecule has 2 atom stereocenters. The van der Waals surface area contributed by atoms with Crippen LogP contribution in [0.15, 0.2) is 35.2 Å². The predicted octanol–water partition coefficient (Wildman–Crippen LogP) is 1.15. The molecule has 1 aromatic rings. The minimum Gasteiger partial charge on any atom is -0.451 e. The van der Waals surface area contributed by atoms with Crippen molar-refractivity contribution in [3.8, 4) is 0 Å². The summed E-state index contributed by atoms with van der Waals surface area (Å²) in [5.74, 6) is -0.634. The van der Waals surface area contributed by atoms with E-state index in [4.69, 9.17) is 4.74 Å². The molecule has 0 bridgehead atoms. The standard InChI is InChI=1S/C16H24N2O5S2/c1-4-17-15(19)12(2)23-16(20)14(10-11-24-3)18-25(21,22)13-8-6-5-7-9-13/h5-9,12,14,18H,4,10-11H2,1-3H3,(H,17,19)/t12-,14-/m1/s1. The van der Waals surface area contributed by atoms with E-state index < -0.39 is 34.0 Å². The molecule has 25 heavy (non-hydrogen) atoms. The van der Waals surface area contributed by atoms with E-state index in [1.54, 1.807) is 25.1 Å². The van der Waals surface area contributed by atoms with Gasteiger partial charge >= 0.3 is 5.97 Å². The molecule has 0 fully saturated rings. The molecule has 1 amide bonds. The number of carbonyl (C=O) groups is 2. The first-order valence-corrected chi connectivity index (χ1v) is 10.7. The molecule has 0 aliphatic heterocycles. The number of likely N-dealkylation sites (N-methyl/N-ethyl adjacent to an activating group) is 1. The van der Waals surface area contributed by atoms with Crippen LogP contribution in [-0.4, -0.2) is 51.0 Å². The molecule has 0 radical (unpaired) electrons. The first kappa shape index (κ1) is 21.5. The third-order valence-electron chi connectivity index (χ3n) is 3.26. The number of sulfonamides is 1. The maximum Gasteiger partial charge on any atom is 0.324 e. The van der Waals surface area contributed by atoms with Crippen molar-refractivity contribution in [2.45, 2.75) is 37.3 Å². The van der Waals surface area contributed by atoms with Crippen LogP contribution in [0.2, 0.25) is 0 Å². The van der Waals surface area contributed by atoms with E-state index in [-0.39, 0.29) is 11.3 Å². The van der Waals surface area contributed by atoms with Gasteiger partial charge in [0.1, 0.15) is 6.04 Å². The van der Waals surface area contributed by atoms with Crippen LogP contribution >= 0.6 is 11.8 Å². The monoisotopic (exact) mass is 388 g/mol. The van der Waals surface area contributed by atoms with Crippen LogP contribution in [0.4, 0.5) is 0 Å². The molecule has 0 saturated heterocycles. The highest BCUT2D eigenvalue weighted by atomic mass is 32.2. The summed E-state index contributed by atoms with van der Waals surface area (Å²) in [4.78, 5) is 24.1. The van der Waals surface area contributed by atoms with Crippen LogP contribution in [0.5, 0.6) is 0 Å². The number of ether oxygens (including phenoxy) is 1. The first-order valence-electron chi connectivity index (χ1n) is 7.86. The topological polar surface area (TPSA) is 102 Å². The number of rotatable bonds is 10. The van der Waals surface area contributed by atoms with Crippen molar-refractivity contribution >= 4 is 33.7 Å². The highest BCUT2D eigenvalue weighted by Crippen LogP contribution is 2.12. The lowest BCUT2D eigenvalue weighted by molar-refractivity contribution is -0.156. The molecular formula is C16H24N2O5S2. The van der Waals surface area contributed by atoms with Gasteiger partial charge < -0.3 is 10.1 Å². The Balaban J connectivity index is 2.86.